The van der Waals surface area contributed by atoms with Crippen molar-refractivity contribution in [1.82, 2.24) is 14.9 Å². The predicted molar refractivity (Wildman–Crippen MR) is 104 cm³/mol. The third kappa shape index (κ3) is 3.18. The normalized spacial score (nSPS) is 14.4. The molecule has 2 aromatic heterocycles. The summed E-state index contributed by atoms with van der Waals surface area (Å²) in [5.74, 6) is 1.03. The topological polar surface area (TPSA) is 69.2 Å². The Balaban J connectivity index is 1.58. The minimum Gasteiger partial charge on any atom is -0.507 e. The van der Waals surface area contributed by atoms with Crippen LogP contribution in [0.2, 0.25) is 0 Å². The fraction of sp³-hybridized carbons (Fsp3) is 0.300. The van der Waals surface area contributed by atoms with Gasteiger partial charge in [-0.05, 0) is 42.0 Å². The van der Waals surface area contributed by atoms with Gasteiger partial charge in [0.15, 0.2) is 5.82 Å². The van der Waals surface area contributed by atoms with Crippen molar-refractivity contribution >= 4 is 11.3 Å². The SMILES string of the molecule is Cc1cc(CN2CCc3nc(-c4cccs4)[nH]c(=O)c3C2)cc(C)c1O. The molecule has 0 radical (unpaired) electrons. The number of thiophene rings is 1. The third-order valence-electron chi connectivity index (χ3n) is 4.86. The van der Waals surface area contributed by atoms with Gasteiger partial charge >= 0.3 is 0 Å². The summed E-state index contributed by atoms with van der Waals surface area (Å²) in [6.07, 6.45) is 0.772. The molecule has 3 heterocycles. The molecule has 1 aromatic carbocycles. The van der Waals surface area contributed by atoms with Gasteiger partial charge in [0.25, 0.3) is 5.56 Å². The number of aromatic amines is 1. The molecule has 0 amide bonds. The maximum absolute atomic E-state index is 12.6. The number of nitrogens with one attached hydrogen (secondary N) is 1. The van der Waals surface area contributed by atoms with Gasteiger partial charge < -0.3 is 10.1 Å². The van der Waals surface area contributed by atoms with Crippen LogP contribution < -0.4 is 5.56 Å². The number of benzene rings is 1. The summed E-state index contributed by atoms with van der Waals surface area (Å²) in [4.78, 5) is 23.5. The Kier molecular flexibility index (Phi) is 4.38. The lowest BCUT2D eigenvalue weighted by Crippen LogP contribution is -2.35. The average molecular weight is 367 g/mol. The average Bonchev–Trinajstić information content (AvgIpc) is 3.14. The van der Waals surface area contributed by atoms with Gasteiger partial charge in [-0.25, -0.2) is 4.98 Å². The van der Waals surface area contributed by atoms with Crippen LogP contribution in [0.1, 0.15) is 27.9 Å². The van der Waals surface area contributed by atoms with Crippen LogP contribution in [0, 0.1) is 13.8 Å². The Morgan fingerprint density at radius 2 is 2.08 bits per heavy atom. The molecule has 134 valence electrons. The van der Waals surface area contributed by atoms with Crippen molar-refractivity contribution in [1.29, 1.82) is 0 Å². The van der Waals surface area contributed by atoms with E-state index in [1.807, 2.05) is 43.5 Å². The number of hydrogen-bond donors (Lipinski definition) is 2. The lowest BCUT2D eigenvalue weighted by atomic mass is 10.0. The summed E-state index contributed by atoms with van der Waals surface area (Å²) in [6, 6.07) is 7.96. The molecule has 3 aromatic rings. The van der Waals surface area contributed by atoms with Crippen molar-refractivity contribution in [3.63, 3.8) is 0 Å². The zero-order valence-electron chi connectivity index (χ0n) is 14.9. The molecule has 26 heavy (non-hydrogen) atoms. The van der Waals surface area contributed by atoms with E-state index in [1.165, 1.54) is 0 Å². The fourth-order valence-electron chi connectivity index (χ4n) is 3.54. The number of aromatic nitrogens is 2. The molecule has 0 aliphatic carbocycles. The molecule has 6 heteroatoms. The molecular weight excluding hydrogens is 346 g/mol. The number of aromatic hydroxyl groups is 1. The van der Waals surface area contributed by atoms with Crippen LogP contribution in [-0.4, -0.2) is 26.5 Å². The minimum absolute atomic E-state index is 0.0406. The largest absolute Gasteiger partial charge is 0.507 e. The van der Waals surface area contributed by atoms with Crippen LogP contribution in [0.3, 0.4) is 0 Å². The first-order valence-electron chi connectivity index (χ1n) is 8.68. The summed E-state index contributed by atoms with van der Waals surface area (Å²) >= 11 is 1.58. The van der Waals surface area contributed by atoms with Crippen molar-refractivity contribution in [3.8, 4) is 16.5 Å². The summed E-state index contributed by atoms with van der Waals surface area (Å²) in [7, 11) is 0. The molecule has 0 bridgehead atoms. The Morgan fingerprint density at radius 1 is 1.31 bits per heavy atom. The number of aryl methyl sites for hydroxylation is 2. The van der Waals surface area contributed by atoms with E-state index in [2.05, 4.69) is 9.88 Å². The van der Waals surface area contributed by atoms with Gasteiger partial charge in [0.2, 0.25) is 0 Å². The third-order valence-corrected chi connectivity index (χ3v) is 5.74. The van der Waals surface area contributed by atoms with E-state index in [0.29, 0.717) is 18.1 Å². The molecule has 4 rings (SSSR count). The molecule has 0 saturated carbocycles. The van der Waals surface area contributed by atoms with E-state index in [0.717, 1.165) is 52.3 Å². The van der Waals surface area contributed by atoms with E-state index in [-0.39, 0.29) is 5.56 Å². The van der Waals surface area contributed by atoms with Gasteiger partial charge in [0, 0.05) is 26.1 Å². The van der Waals surface area contributed by atoms with Crippen molar-refractivity contribution in [2.24, 2.45) is 0 Å². The number of hydrogen-bond acceptors (Lipinski definition) is 5. The van der Waals surface area contributed by atoms with Crippen molar-refractivity contribution in [2.45, 2.75) is 33.4 Å². The highest BCUT2D eigenvalue weighted by Gasteiger charge is 2.22. The Labute approximate surface area is 156 Å². The van der Waals surface area contributed by atoms with Gasteiger partial charge in [0.1, 0.15) is 5.75 Å². The lowest BCUT2D eigenvalue weighted by Gasteiger charge is -2.28. The summed E-state index contributed by atoms with van der Waals surface area (Å²) < 4.78 is 0. The highest BCUT2D eigenvalue weighted by atomic mass is 32.1. The zero-order valence-corrected chi connectivity index (χ0v) is 15.7. The van der Waals surface area contributed by atoms with E-state index < -0.39 is 0 Å². The van der Waals surface area contributed by atoms with Crippen molar-refractivity contribution in [3.05, 3.63) is 67.9 Å². The van der Waals surface area contributed by atoms with E-state index >= 15 is 0 Å². The van der Waals surface area contributed by atoms with Gasteiger partial charge in [-0.15, -0.1) is 11.3 Å². The predicted octanol–water partition coefficient (Wildman–Crippen LogP) is 3.38. The summed E-state index contributed by atoms with van der Waals surface area (Å²) in [5.41, 5.74) is 4.56. The number of phenolic OH excluding ortho intramolecular Hbond substituents is 1. The molecule has 0 unspecified atom stereocenters. The number of nitrogens with zero attached hydrogens (tertiary/aromatic N) is 2. The molecule has 0 atom stereocenters. The molecule has 1 aliphatic rings. The Hall–Kier alpha value is -2.44. The van der Waals surface area contributed by atoms with Crippen LogP contribution in [-0.2, 0) is 19.5 Å². The molecule has 0 fully saturated rings. The smallest absolute Gasteiger partial charge is 0.255 e. The summed E-state index contributed by atoms with van der Waals surface area (Å²) in [6.45, 7) is 6.05. The van der Waals surface area contributed by atoms with Crippen LogP contribution >= 0.6 is 11.3 Å². The van der Waals surface area contributed by atoms with Crippen LogP contribution in [0.25, 0.3) is 10.7 Å². The number of phenols is 1. The quantitative estimate of drug-likeness (QED) is 0.745. The second-order valence-electron chi connectivity index (χ2n) is 6.86. The number of H-pyrrole nitrogens is 1. The second-order valence-corrected chi connectivity index (χ2v) is 7.80. The number of fused-ring (bicyclic) bond motifs is 1. The van der Waals surface area contributed by atoms with Crippen LogP contribution in [0.15, 0.2) is 34.4 Å². The first kappa shape index (κ1) is 17.0. The van der Waals surface area contributed by atoms with Gasteiger partial charge in [0.05, 0.1) is 16.1 Å². The summed E-state index contributed by atoms with van der Waals surface area (Å²) in [5, 5.41) is 11.9. The highest BCUT2D eigenvalue weighted by molar-refractivity contribution is 7.13. The first-order chi connectivity index (χ1) is 12.5. The van der Waals surface area contributed by atoms with Crippen LogP contribution in [0.5, 0.6) is 5.75 Å². The maximum atomic E-state index is 12.6. The standard InChI is InChI=1S/C20H21N3O2S/c1-12-8-14(9-13(2)18(12)24)10-23-6-5-16-15(11-23)20(25)22-19(21-16)17-4-3-7-26-17/h3-4,7-9,24H,5-6,10-11H2,1-2H3,(H,21,22,25). The Bertz CT molecular complexity index is 985. The van der Waals surface area contributed by atoms with Crippen molar-refractivity contribution < 1.29 is 5.11 Å². The van der Waals surface area contributed by atoms with Gasteiger partial charge in [-0.2, -0.15) is 0 Å². The lowest BCUT2D eigenvalue weighted by molar-refractivity contribution is 0.241. The molecular formula is C20H21N3O2S. The monoisotopic (exact) mass is 367 g/mol. The zero-order chi connectivity index (χ0) is 18.3. The maximum Gasteiger partial charge on any atom is 0.255 e. The van der Waals surface area contributed by atoms with Crippen molar-refractivity contribution in [2.75, 3.05) is 6.54 Å². The van der Waals surface area contributed by atoms with Gasteiger partial charge in [-0.3, -0.25) is 9.69 Å². The fourth-order valence-corrected chi connectivity index (χ4v) is 4.21. The van der Waals surface area contributed by atoms with E-state index in [4.69, 9.17) is 4.98 Å². The first-order valence-corrected chi connectivity index (χ1v) is 9.56. The molecule has 0 saturated heterocycles. The highest BCUT2D eigenvalue weighted by Crippen LogP contribution is 2.26. The van der Waals surface area contributed by atoms with E-state index in [9.17, 15) is 9.90 Å². The Morgan fingerprint density at radius 3 is 2.77 bits per heavy atom. The molecule has 2 N–H and O–H groups in total. The van der Waals surface area contributed by atoms with Gasteiger partial charge in [-0.1, -0.05) is 18.2 Å². The molecule has 0 spiro atoms. The minimum atomic E-state index is -0.0406. The second kappa shape index (κ2) is 6.70. The molecule has 1 aliphatic heterocycles. The van der Waals surface area contributed by atoms with Crippen LogP contribution in [0.4, 0.5) is 0 Å². The van der Waals surface area contributed by atoms with E-state index in [1.54, 1.807) is 11.3 Å². The molecule has 5 nitrogen and oxygen atoms in total. The number of rotatable bonds is 3.